The minimum absolute atomic E-state index is 0.139. The molecular formula is C17H35NO. The van der Waals surface area contributed by atoms with Crippen molar-refractivity contribution in [3.8, 4) is 0 Å². The second kappa shape index (κ2) is 6.58. The van der Waals surface area contributed by atoms with E-state index in [1.54, 1.807) is 0 Å². The summed E-state index contributed by atoms with van der Waals surface area (Å²) in [6.45, 7) is 17.2. The number of aliphatic hydroxyl groups excluding tert-OH is 1. The fraction of sp³-hybridized carbons (Fsp3) is 1.00. The summed E-state index contributed by atoms with van der Waals surface area (Å²) >= 11 is 0. The van der Waals surface area contributed by atoms with E-state index in [1.807, 2.05) is 0 Å². The number of hydrogen-bond donors (Lipinski definition) is 1. The number of hydrogen-bond acceptors (Lipinski definition) is 2. The SMILES string of the molecule is CC(C)CN(C(C)C)C1CC(C(C)(C)C)CCC1O. The highest BCUT2D eigenvalue weighted by atomic mass is 16.3. The molecule has 0 radical (unpaired) electrons. The van der Waals surface area contributed by atoms with Crippen LogP contribution < -0.4 is 0 Å². The monoisotopic (exact) mass is 269 g/mol. The van der Waals surface area contributed by atoms with Crippen molar-refractivity contribution in [3.05, 3.63) is 0 Å². The van der Waals surface area contributed by atoms with Gasteiger partial charge in [-0.2, -0.15) is 0 Å². The predicted octanol–water partition coefficient (Wildman–Crippen LogP) is 3.93. The van der Waals surface area contributed by atoms with E-state index in [9.17, 15) is 5.11 Å². The summed E-state index contributed by atoms with van der Waals surface area (Å²) in [5, 5.41) is 10.4. The lowest BCUT2D eigenvalue weighted by molar-refractivity contribution is -0.0325. The van der Waals surface area contributed by atoms with Crippen LogP contribution in [0.4, 0.5) is 0 Å². The van der Waals surface area contributed by atoms with Gasteiger partial charge in [-0.15, -0.1) is 0 Å². The zero-order valence-electron chi connectivity index (χ0n) is 14.1. The first-order chi connectivity index (χ1) is 8.62. The van der Waals surface area contributed by atoms with Crippen LogP contribution in [0.3, 0.4) is 0 Å². The molecule has 0 bridgehead atoms. The lowest BCUT2D eigenvalue weighted by Gasteiger charge is -2.46. The molecular weight excluding hydrogens is 234 g/mol. The van der Waals surface area contributed by atoms with Gasteiger partial charge in [0.05, 0.1) is 6.10 Å². The quantitative estimate of drug-likeness (QED) is 0.836. The van der Waals surface area contributed by atoms with Crippen molar-refractivity contribution in [1.82, 2.24) is 4.90 Å². The van der Waals surface area contributed by atoms with E-state index in [1.165, 1.54) is 6.42 Å². The molecule has 1 fully saturated rings. The third kappa shape index (κ3) is 4.75. The summed E-state index contributed by atoms with van der Waals surface area (Å²) in [5.41, 5.74) is 0.360. The molecule has 0 aromatic carbocycles. The van der Waals surface area contributed by atoms with Crippen LogP contribution >= 0.6 is 0 Å². The average molecular weight is 269 g/mol. The molecule has 1 rings (SSSR count). The highest BCUT2D eigenvalue weighted by Gasteiger charge is 2.38. The minimum Gasteiger partial charge on any atom is -0.391 e. The van der Waals surface area contributed by atoms with Crippen LogP contribution in [0, 0.1) is 17.3 Å². The largest absolute Gasteiger partial charge is 0.391 e. The summed E-state index contributed by atoms with van der Waals surface area (Å²) in [6, 6.07) is 0.862. The van der Waals surface area contributed by atoms with E-state index in [-0.39, 0.29) is 6.10 Å². The van der Waals surface area contributed by atoms with Crippen molar-refractivity contribution in [3.63, 3.8) is 0 Å². The van der Waals surface area contributed by atoms with E-state index >= 15 is 0 Å². The Bertz CT molecular complexity index is 267. The van der Waals surface area contributed by atoms with Gasteiger partial charge in [-0.25, -0.2) is 0 Å². The molecule has 1 saturated carbocycles. The zero-order chi connectivity index (χ0) is 14.8. The van der Waals surface area contributed by atoms with Gasteiger partial charge in [0, 0.05) is 18.6 Å². The highest BCUT2D eigenvalue weighted by Crippen LogP contribution is 2.39. The van der Waals surface area contributed by atoms with Crippen molar-refractivity contribution in [1.29, 1.82) is 0 Å². The van der Waals surface area contributed by atoms with Gasteiger partial charge in [-0.1, -0.05) is 34.6 Å². The summed E-state index contributed by atoms with van der Waals surface area (Å²) in [5.74, 6) is 1.39. The molecule has 2 heteroatoms. The van der Waals surface area contributed by atoms with Gasteiger partial charge < -0.3 is 5.11 Å². The molecule has 3 unspecified atom stereocenters. The highest BCUT2D eigenvalue weighted by molar-refractivity contribution is 4.91. The Balaban J connectivity index is 2.81. The molecule has 114 valence electrons. The Morgan fingerprint density at radius 1 is 1.11 bits per heavy atom. The Labute approximate surface area is 120 Å². The minimum atomic E-state index is -0.139. The maximum atomic E-state index is 10.4. The lowest BCUT2D eigenvalue weighted by atomic mass is 9.69. The number of rotatable bonds is 4. The van der Waals surface area contributed by atoms with Gasteiger partial charge >= 0.3 is 0 Å². The Morgan fingerprint density at radius 2 is 1.68 bits per heavy atom. The van der Waals surface area contributed by atoms with Crippen LogP contribution in [-0.2, 0) is 0 Å². The van der Waals surface area contributed by atoms with Crippen molar-refractivity contribution in [2.24, 2.45) is 17.3 Å². The summed E-state index contributed by atoms with van der Waals surface area (Å²) in [6.07, 6.45) is 3.15. The molecule has 1 N–H and O–H groups in total. The van der Waals surface area contributed by atoms with E-state index in [0.717, 1.165) is 25.3 Å². The zero-order valence-corrected chi connectivity index (χ0v) is 14.1. The summed E-state index contributed by atoms with van der Waals surface area (Å²) < 4.78 is 0. The second-order valence-electron chi connectivity index (χ2n) is 8.20. The molecule has 0 spiro atoms. The normalized spacial score (nSPS) is 29.5. The van der Waals surface area contributed by atoms with Crippen LogP contribution in [0.1, 0.15) is 67.7 Å². The Hall–Kier alpha value is -0.0800. The van der Waals surface area contributed by atoms with Crippen LogP contribution in [0.2, 0.25) is 0 Å². The van der Waals surface area contributed by atoms with E-state index in [2.05, 4.69) is 53.4 Å². The smallest absolute Gasteiger partial charge is 0.0695 e. The van der Waals surface area contributed by atoms with Gasteiger partial charge in [-0.3, -0.25) is 4.90 Å². The molecule has 1 aliphatic carbocycles. The molecule has 0 heterocycles. The van der Waals surface area contributed by atoms with Crippen molar-refractivity contribution >= 4 is 0 Å². The summed E-state index contributed by atoms with van der Waals surface area (Å²) in [7, 11) is 0. The van der Waals surface area contributed by atoms with E-state index in [4.69, 9.17) is 0 Å². The molecule has 0 amide bonds. The fourth-order valence-electron chi connectivity index (χ4n) is 3.42. The van der Waals surface area contributed by atoms with Gasteiger partial charge in [0.25, 0.3) is 0 Å². The van der Waals surface area contributed by atoms with Crippen molar-refractivity contribution in [2.45, 2.75) is 85.9 Å². The van der Waals surface area contributed by atoms with Crippen LogP contribution in [0.15, 0.2) is 0 Å². The predicted molar refractivity (Wildman–Crippen MR) is 83.3 cm³/mol. The number of aliphatic hydroxyl groups is 1. The van der Waals surface area contributed by atoms with Gasteiger partial charge in [-0.05, 0) is 50.4 Å². The van der Waals surface area contributed by atoms with Crippen LogP contribution in [0.5, 0.6) is 0 Å². The molecule has 0 aliphatic heterocycles. The van der Waals surface area contributed by atoms with Gasteiger partial charge in [0.2, 0.25) is 0 Å². The molecule has 0 aromatic rings. The lowest BCUT2D eigenvalue weighted by Crippen LogP contribution is -2.52. The molecule has 0 saturated heterocycles. The Morgan fingerprint density at radius 3 is 2.11 bits per heavy atom. The summed E-state index contributed by atoms with van der Waals surface area (Å²) in [4.78, 5) is 2.53. The van der Waals surface area contributed by atoms with Crippen molar-refractivity contribution in [2.75, 3.05) is 6.54 Å². The second-order valence-corrected chi connectivity index (χ2v) is 8.20. The first-order valence-corrected chi connectivity index (χ1v) is 8.06. The van der Waals surface area contributed by atoms with E-state index in [0.29, 0.717) is 23.4 Å². The maximum absolute atomic E-state index is 10.4. The first-order valence-electron chi connectivity index (χ1n) is 8.06. The fourth-order valence-corrected chi connectivity index (χ4v) is 3.42. The van der Waals surface area contributed by atoms with E-state index < -0.39 is 0 Å². The topological polar surface area (TPSA) is 23.5 Å². The number of nitrogens with zero attached hydrogens (tertiary/aromatic N) is 1. The third-order valence-corrected chi connectivity index (χ3v) is 4.67. The molecule has 1 aliphatic rings. The van der Waals surface area contributed by atoms with Crippen LogP contribution in [-0.4, -0.2) is 34.7 Å². The maximum Gasteiger partial charge on any atom is 0.0695 e. The standard InChI is InChI=1S/C17H35NO/c1-12(2)11-18(13(3)4)15-10-14(17(5,6)7)8-9-16(15)19/h12-16,19H,8-11H2,1-7H3. The van der Waals surface area contributed by atoms with Crippen molar-refractivity contribution < 1.29 is 5.11 Å². The Kier molecular flexibility index (Phi) is 5.88. The van der Waals surface area contributed by atoms with Gasteiger partial charge in [0.15, 0.2) is 0 Å². The average Bonchev–Trinajstić information content (AvgIpc) is 2.24. The molecule has 0 aromatic heterocycles. The molecule has 2 nitrogen and oxygen atoms in total. The molecule has 19 heavy (non-hydrogen) atoms. The van der Waals surface area contributed by atoms with Gasteiger partial charge in [0.1, 0.15) is 0 Å². The van der Waals surface area contributed by atoms with Crippen LogP contribution in [0.25, 0.3) is 0 Å². The molecule has 3 atom stereocenters. The first kappa shape index (κ1) is 17.0. The third-order valence-electron chi connectivity index (χ3n) is 4.67.